The van der Waals surface area contributed by atoms with E-state index in [-0.39, 0.29) is 12.3 Å². The summed E-state index contributed by atoms with van der Waals surface area (Å²) in [6, 6.07) is 3.74. The molecule has 0 fully saturated rings. The number of rotatable bonds is 3. The number of carbonyl (C=O) groups is 1. The van der Waals surface area contributed by atoms with Crippen LogP contribution in [0.4, 0.5) is 0 Å². The van der Waals surface area contributed by atoms with Gasteiger partial charge in [-0.15, -0.1) is 0 Å². The first kappa shape index (κ1) is 10.6. The number of benzene rings is 1. The maximum absolute atomic E-state index is 10.8. The molecule has 0 heterocycles. The Morgan fingerprint density at radius 2 is 2.00 bits per heavy atom. The lowest BCUT2D eigenvalue weighted by Crippen LogP contribution is -2.14. The van der Waals surface area contributed by atoms with Crippen molar-refractivity contribution in [3.05, 3.63) is 28.8 Å². The van der Waals surface area contributed by atoms with Crippen LogP contribution in [0.1, 0.15) is 16.7 Å². The molecule has 0 saturated heterocycles. The van der Waals surface area contributed by atoms with E-state index in [0.29, 0.717) is 0 Å². The number of amides is 1. The summed E-state index contributed by atoms with van der Waals surface area (Å²) in [5, 5.41) is 0. The van der Waals surface area contributed by atoms with Crippen molar-refractivity contribution < 1.29 is 9.53 Å². The average Bonchev–Trinajstić information content (AvgIpc) is 2.13. The van der Waals surface area contributed by atoms with Crippen molar-refractivity contribution in [1.29, 1.82) is 0 Å². The summed E-state index contributed by atoms with van der Waals surface area (Å²) in [4.78, 5) is 10.8. The van der Waals surface area contributed by atoms with Gasteiger partial charge in [-0.2, -0.15) is 0 Å². The topological polar surface area (TPSA) is 52.3 Å². The number of ether oxygens (including phenoxy) is 1. The largest absolute Gasteiger partial charge is 0.496 e. The van der Waals surface area contributed by atoms with Crippen LogP contribution >= 0.6 is 0 Å². The highest BCUT2D eigenvalue weighted by Gasteiger charge is 2.07. The summed E-state index contributed by atoms with van der Waals surface area (Å²) in [5.74, 6) is 0.536. The van der Waals surface area contributed by atoms with Crippen molar-refractivity contribution in [3.8, 4) is 5.75 Å². The minimum Gasteiger partial charge on any atom is -0.496 e. The fourth-order valence-electron chi connectivity index (χ4n) is 1.45. The number of primary amides is 1. The molecule has 0 bridgehead atoms. The molecule has 2 N–H and O–H groups in total. The predicted octanol–water partition coefficient (Wildman–Crippen LogP) is 1.34. The van der Waals surface area contributed by atoms with E-state index >= 15 is 0 Å². The highest BCUT2D eigenvalue weighted by atomic mass is 16.5. The second-order valence-electron chi connectivity index (χ2n) is 3.32. The fourth-order valence-corrected chi connectivity index (χ4v) is 1.45. The first-order valence-electron chi connectivity index (χ1n) is 4.47. The van der Waals surface area contributed by atoms with Crippen LogP contribution in [0.5, 0.6) is 5.75 Å². The Balaban J connectivity index is 3.10. The molecule has 0 unspecified atom stereocenters. The normalized spacial score (nSPS) is 9.93. The van der Waals surface area contributed by atoms with Gasteiger partial charge in [0.05, 0.1) is 13.5 Å². The third kappa shape index (κ3) is 2.05. The van der Waals surface area contributed by atoms with E-state index in [0.717, 1.165) is 22.4 Å². The first-order chi connectivity index (χ1) is 6.56. The molecule has 0 aromatic heterocycles. The molecule has 0 atom stereocenters. The first-order valence-corrected chi connectivity index (χ1v) is 4.47. The number of hydrogen-bond acceptors (Lipinski definition) is 2. The van der Waals surface area contributed by atoms with Gasteiger partial charge in [0, 0.05) is 0 Å². The number of methoxy groups -OCH3 is 1. The van der Waals surface area contributed by atoms with Gasteiger partial charge in [0.15, 0.2) is 0 Å². The molecule has 76 valence electrons. The second kappa shape index (κ2) is 4.13. The maximum Gasteiger partial charge on any atom is 0.221 e. The van der Waals surface area contributed by atoms with E-state index in [9.17, 15) is 4.79 Å². The molecule has 0 aliphatic rings. The summed E-state index contributed by atoms with van der Waals surface area (Å²) >= 11 is 0. The van der Waals surface area contributed by atoms with Gasteiger partial charge in [-0.3, -0.25) is 4.79 Å². The molecule has 1 aromatic rings. The van der Waals surface area contributed by atoms with Crippen molar-refractivity contribution >= 4 is 5.91 Å². The van der Waals surface area contributed by atoms with E-state index in [1.165, 1.54) is 0 Å². The van der Waals surface area contributed by atoms with Gasteiger partial charge in [0.1, 0.15) is 5.75 Å². The minimum absolute atomic E-state index is 0.288. The van der Waals surface area contributed by atoms with Gasteiger partial charge >= 0.3 is 0 Å². The van der Waals surface area contributed by atoms with Gasteiger partial charge in [-0.25, -0.2) is 0 Å². The Labute approximate surface area is 83.9 Å². The quantitative estimate of drug-likeness (QED) is 0.787. The average molecular weight is 193 g/mol. The Bertz CT molecular complexity index is 359. The lowest BCUT2D eigenvalue weighted by Gasteiger charge is -2.11. The van der Waals surface area contributed by atoms with Gasteiger partial charge < -0.3 is 10.5 Å². The molecule has 0 spiro atoms. The van der Waals surface area contributed by atoms with Crippen LogP contribution in [-0.4, -0.2) is 13.0 Å². The van der Waals surface area contributed by atoms with E-state index in [4.69, 9.17) is 10.5 Å². The Morgan fingerprint density at radius 1 is 1.36 bits per heavy atom. The Kier molecular flexibility index (Phi) is 3.12. The van der Waals surface area contributed by atoms with Crippen molar-refractivity contribution in [2.24, 2.45) is 5.73 Å². The van der Waals surface area contributed by atoms with E-state index in [2.05, 4.69) is 0 Å². The van der Waals surface area contributed by atoms with Crippen LogP contribution in [0.3, 0.4) is 0 Å². The van der Waals surface area contributed by atoms with Crippen molar-refractivity contribution in [3.63, 3.8) is 0 Å². The molecule has 3 heteroatoms. The van der Waals surface area contributed by atoms with E-state index in [1.54, 1.807) is 7.11 Å². The zero-order valence-electron chi connectivity index (χ0n) is 8.76. The van der Waals surface area contributed by atoms with Crippen LogP contribution in [0, 0.1) is 13.8 Å². The number of nitrogens with two attached hydrogens (primary N) is 1. The van der Waals surface area contributed by atoms with Crippen LogP contribution in [0.15, 0.2) is 12.1 Å². The monoisotopic (exact) mass is 193 g/mol. The molecule has 3 nitrogen and oxygen atoms in total. The number of carbonyl (C=O) groups excluding carboxylic acids is 1. The van der Waals surface area contributed by atoms with Gasteiger partial charge in [0.25, 0.3) is 0 Å². The molecule has 14 heavy (non-hydrogen) atoms. The highest BCUT2D eigenvalue weighted by molar-refractivity contribution is 5.77. The van der Waals surface area contributed by atoms with Crippen LogP contribution in [-0.2, 0) is 11.2 Å². The van der Waals surface area contributed by atoms with Gasteiger partial charge in [-0.05, 0) is 36.6 Å². The van der Waals surface area contributed by atoms with E-state index < -0.39 is 0 Å². The van der Waals surface area contributed by atoms with Crippen LogP contribution in [0.25, 0.3) is 0 Å². The zero-order valence-corrected chi connectivity index (χ0v) is 8.76. The molecule has 1 amide bonds. The third-order valence-electron chi connectivity index (χ3n) is 2.43. The Hall–Kier alpha value is -1.51. The molecule has 0 saturated carbocycles. The molecular weight excluding hydrogens is 178 g/mol. The summed E-state index contributed by atoms with van der Waals surface area (Å²) < 4.78 is 5.17. The lowest BCUT2D eigenvalue weighted by molar-refractivity contribution is -0.117. The lowest BCUT2D eigenvalue weighted by atomic mass is 10.00. The molecule has 0 aliphatic heterocycles. The summed E-state index contributed by atoms with van der Waals surface area (Å²) in [6.45, 7) is 3.94. The molecular formula is C11H15NO2. The minimum atomic E-state index is -0.308. The fraction of sp³-hybridized carbons (Fsp3) is 0.364. The van der Waals surface area contributed by atoms with Crippen molar-refractivity contribution in [2.45, 2.75) is 20.3 Å². The van der Waals surface area contributed by atoms with Gasteiger partial charge in [-0.1, -0.05) is 6.07 Å². The second-order valence-corrected chi connectivity index (χ2v) is 3.32. The predicted molar refractivity (Wildman–Crippen MR) is 55.4 cm³/mol. The standard InChI is InChI=1S/C11H15NO2/c1-7-8(2)10(14-3)5-4-9(7)6-11(12)13/h4-5H,6H2,1-3H3,(H2,12,13). The summed E-state index contributed by atoms with van der Waals surface area (Å²) in [7, 11) is 1.63. The summed E-state index contributed by atoms with van der Waals surface area (Å²) in [6.07, 6.45) is 0.288. The number of hydrogen-bond donors (Lipinski definition) is 1. The summed E-state index contributed by atoms with van der Waals surface area (Å²) in [5.41, 5.74) is 8.25. The van der Waals surface area contributed by atoms with Gasteiger partial charge in [0.2, 0.25) is 5.91 Å². The van der Waals surface area contributed by atoms with Crippen LogP contribution in [0.2, 0.25) is 0 Å². The van der Waals surface area contributed by atoms with E-state index in [1.807, 2.05) is 26.0 Å². The smallest absolute Gasteiger partial charge is 0.221 e. The molecule has 0 radical (unpaired) electrons. The molecule has 1 aromatic carbocycles. The highest BCUT2D eigenvalue weighted by Crippen LogP contribution is 2.23. The third-order valence-corrected chi connectivity index (χ3v) is 2.43. The maximum atomic E-state index is 10.8. The molecule has 1 rings (SSSR count). The molecule has 0 aliphatic carbocycles. The Morgan fingerprint density at radius 3 is 2.50 bits per heavy atom. The van der Waals surface area contributed by atoms with Crippen molar-refractivity contribution in [1.82, 2.24) is 0 Å². The SMILES string of the molecule is COc1ccc(CC(N)=O)c(C)c1C. The van der Waals surface area contributed by atoms with Crippen molar-refractivity contribution in [2.75, 3.05) is 7.11 Å². The van der Waals surface area contributed by atoms with Crippen LogP contribution < -0.4 is 10.5 Å². The zero-order chi connectivity index (χ0) is 10.7.